The number of aryl methyl sites for hydroxylation is 2. The third-order valence-corrected chi connectivity index (χ3v) is 24.7. The summed E-state index contributed by atoms with van der Waals surface area (Å²) in [6, 6.07) is 78.8. The van der Waals surface area contributed by atoms with Crippen molar-refractivity contribution < 1.29 is 79.3 Å². The summed E-state index contributed by atoms with van der Waals surface area (Å²) >= 11 is 23.5. The zero-order valence-corrected chi connectivity index (χ0v) is 75.7. The highest BCUT2D eigenvalue weighted by molar-refractivity contribution is 7.23. The lowest BCUT2D eigenvalue weighted by molar-refractivity contribution is -0.116. The van der Waals surface area contributed by atoms with Gasteiger partial charge in [-0.25, -0.2) is 18.8 Å². The van der Waals surface area contributed by atoms with Crippen LogP contribution in [0.1, 0.15) is 83.4 Å². The normalized spacial score (nSPS) is 12.9. The van der Waals surface area contributed by atoms with Crippen molar-refractivity contribution in [3.8, 4) is 23.0 Å². The molecule has 0 bridgehead atoms. The van der Waals surface area contributed by atoms with Crippen LogP contribution in [-0.4, -0.2) is 103 Å². The van der Waals surface area contributed by atoms with Crippen molar-refractivity contribution in [3.05, 3.63) is 336 Å². The first-order valence-corrected chi connectivity index (χ1v) is 45.2. The number of rotatable bonds is 28. The number of piperazine rings is 1. The Hall–Kier alpha value is -13.0. The number of carbonyl (C=O) groups excluding carboxylic acids is 5. The highest BCUT2D eigenvalue weighted by Crippen LogP contribution is 2.42. The Morgan fingerprint density at radius 3 is 1.33 bits per heavy atom. The molecule has 5 amide bonds. The number of ether oxygens (including phenoxy) is 7. The fourth-order valence-corrected chi connectivity index (χ4v) is 17.9. The Labute approximate surface area is 776 Å². The van der Waals surface area contributed by atoms with E-state index in [-0.39, 0.29) is 65.4 Å². The van der Waals surface area contributed by atoms with Gasteiger partial charge < -0.3 is 52.4 Å². The van der Waals surface area contributed by atoms with Gasteiger partial charge in [-0.1, -0.05) is 197 Å². The van der Waals surface area contributed by atoms with Crippen molar-refractivity contribution in [2.45, 2.75) is 64.6 Å². The van der Waals surface area contributed by atoms with E-state index in [1.165, 1.54) is 60.1 Å². The molecule has 0 saturated carbocycles. The number of carbonyl (C=O) groups is 5. The van der Waals surface area contributed by atoms with E-state index in [1.54, 1.807) is 62.4 Å². The molecule has 7 heterocycles. The molecule has 1 aliphatic heterocycles. The average Bonchev–Trinajstić information content (AvgIpc) is 1.65. The first kappa shape index (κ1) is 93.1. The molecule has 10 aromatic carbocycles. The number of thiophene rings is 4. The predicted molar refractivity (Wildman–Crippen MR) is 507 cm³/mol. The minimum Gasteiger partial charge on any atom is -0.485 e. The molecule has 0 aliphatic carbocycles. The molecule has 4 atom stereocenters. The van der Waals surface area contributed by atoms with E-state index in [2.05, 4.69) is 53.7 Å². The van der Waals surface area contributed by atoms with Crippen molar-refractivity contribution in [3.63, 3.8) is 0 Å². The summed E-state index contributed by atoms with van der Waals surface area (Å²) in [5.41, 5.74) is 6.98. The molecular formula is C97H85Cl3F3N9O14S4. The summed E-state index contributed by atoms with van der Waals surface area (Å²) in [4.78, 5) is 65.8. The van der Waals surface area contributed by atoms with Gasteiger partial charge in [0, 0.05) is 103 Å². The van der Waals surface area contributed by atoms with Crippen LogP contribution in [0, 0.1) is 29.9 Å². The van der Waals surface area contributed by atoms with Crippen LogP contribution < -0.4 is 45.5 Å². The third-order valence-electron chi connectivity index (χ3n) is 20.2. The highest BCUT2D eigenvalue weighted by Gasteiger charge is 2.27. The van der Waals surface area contributed by atoms with Crippen LogP contribution in [0.15, 0.2) is 276 Å². The molecule has 130 heavy (non-hydrogen) atoms. The second-order valence-corrected chi connectivity index (χ2v) is 35.5. The second-order valence-electron chi connectivity index (χ2n) is 29.6. The molecule has 1 saturated heterocycles. The lowest BCUT2D eigenvalue weighted by Crippen LogP contribution is -2.44. The SMILES string of the molecule is CC(=O)Nc1onc(C)c1NC(=O)OCC(Oc1cccc2sc(F)cc12)c1ccccc1.CN1CCN(Cc2cc(F)ccc2NC(=O)OCC(Oc2cccc3sc(Cl)cc23)c2ccccc2)CC1.Cc1nocc1NC(=O)OCC(Oc1cccc2sc(F)cc12)c1ccccc1.O=C(CCC(Oc1cccc2sc(Cl)cc12)c1ccccc1)Nc1cccc(Cl)c1. The van der Waals surface area contributed by atoms with Gasteiger partial charge in [-0.3, -0.25) is 35.8 Å². The standard InChI is InChI=1S/C29H29ClFN3O3S.C24H19Cl2NO2S.C23H20FN3O5S.C21H17FN2O4S/c1-33-12-14-34(15-13-33)18-21-16-22(31)10-11-24(21)32-29(35)36-19-26(20-6-3-2-4-7-20)37-25-8-5-9-27-23(25)17-28(30)38-27;25-17-8-4-9-18(14-17)27-24(28)13-12-20(16-6-2-1-3-7-16)29-21-10-5-11-22-19(21)15-23(26)30-22;1-13-21(22(32-27-13)25-14(2)28)26-23(29)30-12-18(15-7-4-3-5-8-15)31-17-9-6-10-19-16(17)11-20(24)33-19;1-13-16(11-27-24-13)23-21(25)26-12-18(14-6-3-2-4-7-14)28-17-8-5-9-19-15(17)10-20(22)29-19/h2-11,16-17,26H,12-15,18-19H2,1H3,(H,32,35);1-11,14-15,20H,12-13H2,(H,27,28);3-11,18H,12H2,1-2H3,(H,25,28)(H,26,29);2-11,18H,12H2,1H3,(H,23,25). The van der Waals surface area contributed by atoms with Gasteiger partial charge in [0.1, 0.15) is 83.8 Å². The van der Waals surface area contributed by atoms with Gasteiger partial charge in [0.15, 0.2) is 28.6 Å². The number of amides is 5. The van der Waals surface area contributed by atoms with Crippen LogP contribution in [0.4, 0.5) is 56.2 Å². The second kappa shape index (κ2) is 45.3. The number of anilines is 5. The van der Waals surface area contributed by atoms with Crippen molar-refractivity contribution in [2.24, 2.45) is 0 Å². The number of fused-ring (bicyclic) bond motifs is 4. The molecular weight excluding hydrogens is 1810 g/mol. The maximum Gasteiger partial charge on any atom is 0.411 e. The Balaban J connectivity index is 0.000000141. The number of hydrogen-bond acceptors (Lipinski definition) is 22. The van der Waals surface area contributed by atoms with Crippen molar-refractivity contribution in [1.29, 1.82) is 0 Å². The van der Waals surface area contributed by atoms with E-state index < -0.39 is 36.6 Å². The molecule has 4 unspecified atom stereocenters. The highest BCUT2D eigenvalue weighted by atomic mass is 35.5. The van der Waals surface area contributed by atoms with Crippen LogP contribution in [0.5, 0.6) is 23.0 Å². The number of aromatic nitrogens is 2. The number of halogens is 6. The number of benzene rings is 10. The van der Waals surface area contributed by atoms with Crippen LogP contribution in [0.25, 0.3) is 40.3 Å². The van der Waals surface area contributed by atoms with Gasteiger partial charge in [-0.2, -0.15) is 8.78 Å². The number of nitrogens with zero attached hydrogens (tertiary/aromatic N) is 4. The Kier molecular flexibility index (Phi) is 32.5. The minimum atomic E-state index is -0.780. The van der Waals surface area contributed by atoms with E-state index in [0.717, 1.165) is 111 Å². The van der Waals surface area contributed by atoms with E-state index >= 15 is 0 Å². The largest absolute Gasteiger partial charge is 0.485 e. The zero-order chi connectivity index (χ0) is 91.0. The molecule has 17 rings (SSSR count). The first-order valence-electron chi connectivity index (χ1n) is 40.8. The fraction of sp³-hybridized carbons (Fsp3) is 0.186. The van der Waals surface area contributed by atoms with Crippen molar-refractivity contribution >= 4 is 179 Å². The molecule has 5 N–H and O–H groups in total. The van der Waals surface area contributed by atoms with Crippen LogP contribution in [-0.2, 0) is 30.3 Å². The van der Waals surface area contributed by atoms with Gasteiger partial charge in [0.2, 0.25) is 11.8 Å². The minimum absolute atomic E-state index is 0.0129. The summed E-state index contributed by atoms with van der Waals surface area (Å²) in [7, 11) is 2.09. The molecule has 0 spiro atoms. The molecule has 1 aliphatic rings. The summed E-state index contributed by atoms with van der Waals surface area (Å²) in [6.07, 6.45) is -1.91. The van der Waals surface area contributed by atoms with E-state index in [1.807, 2.05) is 188 Å². The Morgan fingerprint density at radius 1 is 0.446 bits per heavy atom. The summed E-state index contributed by atoms with van der Waals surface area (Å²) in [5, 5.41) is 23.9. The molecule has 6 aromatic heterocycles. The maximum absolute atomic E-state index is 14.1. The van der Waals surface area contributed by atoms with Crippen LogP contribution in [0.3, 0.4) is 0 Å². The van der Waals surface area contributed by atoms with Gasteiger partial charge in [0.05, 0.1) is 8.67 Å². The fourth-order valence-electron chi connectivity index (χ4n) is 13.8. The van der Waals surface area contributed by atoms with Crippen molar-refractivity contribution in [2.75, 3.05) is 79.6 Å². The summed E-state index contributed by atoms with van der Waals surface area (Å²) < 4.78 is 97.8. The summed E-state index contributed by atoms with van der Waals surface area (Å²) in [6.45, 7) is 8.66. The molecule has 23 nitrogen and oxygen atoms in total. The molecule has 0 radical (unpaired) electrons. The Bertz CT molecular complexity index is 6530. The van der Waals surface area contributed by atoms with Crippen molar-refractivity contribution in [1.82, 2.24) is 20.1 Å². The lowest BCUT2D eigenvalue weighted by atomic mass is 10.0. The Morgan fingerprint density at radius 2 is 0.877 bits per heavy atom. The van der Waals surface area contributed by atoms with Gasteiger partial charge in [0.25, 0.3) is 5.88 Å². The quantitative estimate of drug-likeness (QED) is 0.0285. The van der Waals surface area contributed by atoms with Gasteiger partial charge in [-0.05, 0) is 164 Å². The topological polar surface area (TPSA) is 269 Å². The van der Waals surface area contributed by atoms with Crippen LogP contribution >= 0.6 is 80.1 Å². The average molecular weight is 1890 g/mol. The van der Waals surface area contributed by atoms with Crippen LogP contribution in [0.2, 0.25) is 13.7 Å². The molecule has 1 fully saturated rings. The third kappa shape index (κ3) is 26.2. The molecule has 16 aromatic rings. The monoisotopic (exact) mass is 1890 g/mol. The molecule has 668 valence electrons. The van der Waals surface area contributed by atoms with Gasteiger partial charge >= 0.3 is 18.3 Å². The predicted octanol–water partition coefficient (Wildman–Crippen LogP) is 25.9. The first-order chi connectivity index (χ1) is 63.0. The maximum atomic E-state index is 14.1. The smallest absolute Gasteiger partial charge is 0.411 e. The van der Waals surface area contributed by atoms with E-state index in [9.17, 15) is 37.1 Å². The number of nitrogens with one attached hydrogen (secondary N) is 5. The van der Waals surface area contributed by atoms with E-state index in [0.29, 0.717) is 90.8 Å². The molecule has 33 heteroatoms. The van der Waals surface area contributed by atoms with E-state index in [4.69, 9.17) is 77.0 Å². The van der Waals surface area contributed by atoms with Gasteiger partial charge in [-0.15, -0.1) is 45.3 Å². The lowest BCUT2D eigenvalue weighted by Gasteiger charge is -2.32. The number of likely N-dealkylation sites (N-methyl/N-ethyl adjacent to an activating group) is 1. The zero-order valence-electron chi connectivity index (χ0n) is 70.2. The number of hydrogen-bond donors (Lipinski definition) is 5. The summed E-state index contributed by atoms with van der Waals surface area (Å²) in [5.74, 6) is 1.64.